The highest BCUT2D eigenvalue weighted by Gasteiger charge is 2.60. The van der Waals surface area contributed by atoms with Gasteiger partial charge in [0.1, 0.15) is 19.3 Å². The number of ether oxygens (including phenoxy) is 3. The lowest BCUT2D eigenvalue weighted by atomic mass is 9.46. The molecule has 0 spiro atoms. The standard InChI is InChI=1S/C35H44N4O8S/c1-21-7-12-30-34(5,16-13-31(47-24(4)41)35(30,6)20-46-23(3)40)28(21)19-29(27-15-18-45-32(27)42)38-25-8-10-26(11-9-25)48(43,44)39-33-36-17-14-22(2)37-33/h8-11,14-15,17,28-31,38H,1,7,12-13,16,18-20H2,2-6H3,(H,36,37,39)/t28-,29?,30-,31+,34-,35-/m0/s1. The Morgan fingerprint density at radius 3 is 2.48 bits per heavy atom. The molecule has 258 valence electrons. The summed E-state index contributed by atoms with van der Waals surface area (Å²) in [6.45, 7) is 13.6. The summed E-state index contributed by atoms with van der Waals surface area (Å²) in [5.41, 5.74) is 1.87. The molecule has 2 aromatic rings. The molecule has 1 unspecified atom stereocenters. The SMILES string of the molecule is C=C1CC[C@@H]2[C@](C)(COC(C)=O)[C@H](OC(C)=O)CC[C@@]2(C)[C@H]1CC(Nc1ccc(S(=O)(=O)Nc2nccc(C)n2)cc1)C1=CCOC1=O. The Labute approximate surface area is 281 Å². The molecule has 5 rings (SSSR count). The van der Waals surface area contributed by atoms with Crippen LogP contribution in [-0.4, -0.2) is 61.7 Å². The van der Waals surface area contributed by atoms with E-state index in [4.69, 9.17) is 14.2 Å². The van der Waals surface area contributed by atoms with Crippen molar-refractivity contribution < 1.29 is 37.0 Å². The van der Waals surface area contributed by atoms with Crippen LogP contribution in [0.15, 0.2) is 65.2 Å². The number of nitrogens with zero attached hydrogens (tertiary/aromatic N) is 2. The van der Waals surface area contributed by atoms with Gasteiger partial charge in [0.05, 0.1) is 16.5 Å². The molecule has 2 N–H and O–H groups in total. The summed E-state index contributed by atoms with van der Waals surface area (Å²) in [6, 6.07) is 7.46. The van der Waals surface area contributed by atoms with Gasteiger partial charge in [0.15, 0.2) is 0 Å². The van der Waals surface area contributed by atoms with Crippen molar-refractivity contribution in [3.63, 3.8) is 0 Å². The number of benzene rings is 1. The third-order valence-corrected chi connectivity index (χ3v) is 11.7. The van der Waals surface area contributed by atoms with Gasteiger partial charge in [-0.15, -0.1) is 0 Å². The van der Waals surface area contributed by atoms with Gasteiger partial charge in [-0.25, -0.2) is 27.9 Å². The fourth-order valence-electron chi connectivity index (χ4n) is 8.02. The summed E-state index contributed by atoms with van der Waals surface area (Å²) in [5.74, 6) is -1.21. The number of carbonyl (C=O) groups is 3. The van der Waals surface area contributed by atoms with Gasteiger partial charge < -0.3 is 19.5 Å². The number of aromatic nitrogens is 2. The minimum absolute atomic E-state index is 0.0192. The van der Waals surface area contributed by atoms with Crippen molar-refractivity contribution in [2.75, 3.05) is 23.3 Å². The van der Waals surface area contributed by atoms with E-state index < -0.39 is 39.5 Å². The number of carbonyl (C=O) groups excluding carboxylic acids is 3. The molecule has 2 saturated carbocycles. The quantitative estimate of drug-likeness (QED) is 0.184. The zero-order chi connectivity index (χ0) is 34.9. The summed E-state index contributed by atoms with van der Waals surface area (Å²) in [5, 5.41) is 3.47. The van der Waals surface area contributed by atoms with Crippen molar-refractivity contribution in [3.05, 3.63) is 66.0 Å². The molecule has 6 atom stereocenters. The predicted molar refractivity (Wildman–Crippen MR) is 178 cm³/mol. The van der Waals surface area contributed by atoms with Gasteiger partial charge in [-0.1, -0.05) is 26.0 Å². The van der Waals surface area contributed by atoms with Crippen LogP contribution in [0.5, 0.6) is 0 Å². The highest BCUT2D eigenvalue weighted by atomic mass is 32.2. The van der Waals surface area contributed by atoms with Gasteiger partial charge in [0, 0.05) is 36.8 Å². The second-order valence-corrected chi connectivity index (χ2v) is 15.3. The first-order valence-electron chi connectivity index (χ1n) is 16.2. The molecule has 0 bridgehead atoms. The lowest BCUT2D eigenvalue weighted by Gasteiger charge is -2.60. The van der Waals surface area contributed by atoms with E-state index in [0.29, 0.717) is 29.8 Å². The van der Waals surface area contributed by atoms with Crippen LogP contribution in [-0.2, 0) is 38.6 Å². The number of esters is 3. The van der Waals surface area contributed by atoms with Crippen molar-refractivity contribution in [2.45, 2.75) is 83.8 Å². The van der Waals surface area contributed by atoms with Gasteiger partial charge >= 0.3 is 17.9 Å². The summed E-state index contributed by atoms with van der Waals surface area (Å²) >= 11 is 0. The molecule has 1 aromatic heterocycles. The molecular formula is C35H44N4O8S. The number of cyclic esters (lactones) is 1. The topological polar surface area (TPSA) is 163 Å². The molecule has 48 heavy (non-hydrogen) atoms. The van der Waals surface area contributed by atoms with Gasteiger partial charge in [-0.2, -0.15) is 0 Å². The number of allylic oxidation sites excluding steroid dienone is 1. The third kappa shape index (κ3) is 7.25. The van der Waals surface area contributed by atoms with Crippen molar-refractivity contribution in [3.8, 4) is 0 Å². The predicted octanol–water partition coefficient (Wildman–Crippen LogP) is 5.12. The van der Waals surface area contributed by atoms with E-state index in [9.17, 15) is 22.8 Å². The van der Waals surface area contributed by atoms with E-state index >= 15 is 0 Å². The van der Waals surface area contributed by atoms with Crippen LogP contribution in [0.3, 0.4) is 0 Å². The Hall–Kier alpha value is -4.26. The zero-order valence-electron chi connectivity index (χ0n) is 28.1. The first-order valence-corrected chi connectivity index (χ1v) is 17.6. The molecular weight excluding hydrogens is 636 g/mol. The molecule has 1 aliphatic heterocycles. The van der Waals surface area contributed by atoms with Crippen LogP contribution in [0.25, 0.3) is 0 Å². The number of hydrogen-bond acceptors (Lipinski definition) is 11. The molecule has 13 heteroatoms. The van der Waals surface area contributed by atoms with E-state index in [1.807, 2.05) is 6.92 Å². The first kappa shape index (κ1) is 35.1. The maximum atomic E-state index is 13.0. The number of hydrogen-bond donors (Lipinski definition) is 2. The van der Waals surface area contributed by atoms with Crippen molar-refractivity contribution >= 4 is 39.6 Å². The second-order valence-electron chi connectivity index (χ2n) is 13.6. The average molecular weight is 681 g/mol. The van der Waals surface area contributed by atoms with Gasteiger partial charge in [0.25, 0.3) is 10.0 Å². The molecule has 2 aliphatic carbocycles. The fraction of sp³-hybridized carbons (Fsp3) is 0.514. The van der Waals surface area contributed by atoms with Crippen molar-refractivity contribution in [1.29, 1.82) is 0 Å². The van der Waals surface area contributed by atoms with Crippen LogP contribution in [0.4, 0.5) is 11.6 Å². The van der Waals surface area contributed by atoms with Gasteiger partial charge in [-0.05, 0) is 92.7 Å². The summed E-state index contributed by atoms with van der Waals surface area (Å²) < 4.78 is 45.2. The molecule has 0 radical (unpaired) electrons. The third-order valence-electron chi connectivity index (χ3n) is 10.3. The number of rotatable bonds is 11. The van der Waals surface area contributed by atoms with Crippen molar-refractivity contribution in [1.82, 2.24) is 9.97 Å². The first-order chi connectivity index (χ1) is 22.6. The largest absolute Gasteiger partial charge is 0.465 e. The molecule has 0 amide bonds. The Kier molecular flexibility index (Phi) is 10.0. The van der Waals surface area contributed by atoms with Gasteiger partial charge in [0.2, 0.25) is 5.95 Å². The van der Waals surface area contributed by atoms with Gasteiger partial charge in [-0.3, -0.25) is 9.59 Å². The number of nitrogens with one attached hydrogen (secondary N) is 2. The van der Waals surface area contributed by atoms with E-state index in [1.54, 1.807) is 31.2 Å². The Morgan fingerprint density at radius 1 is 1.12 bits per heavy atom. The van der Waals surface area contributed by atoms with Crippen LogP contribution in [0.2, 0.25) is 0 Å². The Balaban J connectivity index is 1.41. The van der Waals surface area contributed by atoms with E-state index in [-0.39, 0.29) is 47.3 Å². The van der Waals surface area contributed by atoms with E-state index in [1.165, 1.54) is 32.2 Å². The van der Waals surface area contributed by atoms with E-state index in [0.717, 1.165) is 24.8 Å². The molecule has 2 fully saturated rings. The normalized spacial score (nSPS) is 27.6. The number of anilines is 2. The summed E-state index contributed by atoms with van der Waals surface area (Å²) in [7, 11) is -3.95. The lowest BCUT2D eigenvalue weighted by Crippen LogP contribution is -2.59. The smallest absolute Gasteiger partial charge is 0.336 e. The van der Waals surface area contributed by atoms with E-state index in [2.05, 4.69) is 33.5 Å². The number of sulfonamides is 1. The zero-order valence-corrected chi connectivity index (χ0v) is 28.9. The molecule has 1 aromatic carbocycles. The lowest BCUT2D eigenvalue weighted by molar-refractivity contribution is -0.191. The summed E-state index contributed by atoms with van der Waals surface area (Å²) in [4.78, 5) is 45.1. The highest BCUT2D eigenvalue weighted by Crippen LogP contribution is 2.62. The van der Waals surface area contributed by atoms with Crippen molar-refractivity contribution in [2.24, 2.45) is 22.7 Å². The summed E-state index contributed by atoms with van der Waals surface area (Å²) in [6.07, 6.45) is 6.22. The van der Waals surface area contributed by atoms with Crippen LogP contribution in [0, 0.1) is 29.6 Å². The number of fused-ring (bicyclic) bond motifs is 1. The molecule has 2 heterocycles. The average Bonchev–Trinajstić information content (AvgIpc) is 3.44. The molecule has 12 nitrogen and oxygen atoms in total. The highest BCUT2D eigenvalue weighted by molar-refractivity contribution is 7.92. The second kappa shape index (κ2) is 13.7. The van der Waals surface area contributed by atoms with Crippen LogP contribution >= 0.6 is 0 Å². The molecule has 3 aliphatic rings. The monoisotopic (exact) mass is 680 g/mol. The maximum absolute atomic E-state index is 13.0. The fourth-order valence-corrected chi connectivity index (χ4v) is 8.97. The van der Waals surface area contributed by atoms with Crippen LogP contribution in [0.1, 0.15) is 65.5 Å². The van der Waals surface area contributed by atoms with Crippen LogP contribution < -0.4 is 10.0 Å². The Bertz CT molecular complexity index is 1730. The Morgan fingerprint density at radius 2 is 1.85 bits per heavy atom. The minimum atomic E-state index is -3.95. The number of aryl methyl sites for hydroxylation is 1. The molecule has 0 saturated heterocycles. The minimum Gasteiger partial charge on any atom is -0.465 e. The maximum Gasteiger partial charge on any atom is 0.336 e.